The van der Waals surface area contributed by atoms with E-state index < -0.39 is 0 Å². The minimum absolute atomic E-state index is 0.198. The number of hydrogen-bond acceptors (Lipinski definition) is 4. The van der Waals surface area contributed by atoms with Gasteiger partial charge in [-0.1, -0.05) is 48.5 Å². The van der Waals surface area contributed by atoms with Gasteiger partial charge in [0.1, 0.15) is 0 Å². The van der Waals surface area contributed by atoms with Gasteiger partial charge in [-0.2, -0.15) is 0 Å². The summed E-state index contributed by atoms with van der Waals surface area (Å²) in [5.41, 5.74) is 2.01. The first kappa shape index (κ1) is 19.6. The van der Waals surface area contributed by atoms with Crippen molar-refractivity contribution in [2.24, 2.45) is 0 Å². The van der Waals surface area contributed by atoms with E-state index in [1.54, 1.807) is 66.7 Å². The molecule has 1 aromatic heterocycles. The fourth-order valence-electron chi connectivity index (χ4n) is 5.36. The molecule has 0 bridgehead atoms. The number of nitrogens with one attached hydrogen (secondary N) is 2. The highest BCUT2D eigenvalue weighted by Gasteiger charge is 2.18. The number of fused-ring (bicyclic) bond motifs is 8. The topological polar surface area (TPSA) is 99.9 Å². The van der Waals surface area contributed by atoms with Gasteiger partial charge < -0.3 is 9.97 Å². The van der Waals surface area contributed by atoms with Crippen molar-refractivity contribution in [1.29, 1.82) is 0 Å². The summed E-state index contributed by atoms with van der Waals surface area (Å²) < 4.78 is 0. The molecule has 0 saturated carbocycles. The fraction of sp³-hybridized carbons (Fsp3) is 0.0345. The lowest BCUT2D eigenvalue weighted by molar-refractivity contribution is 1.38. The SMILES string of the molecule is Cc1cc2c(=O)c3ccccc3c(=O)c2c2[nH]c3ccc4c(=O)c5ccccc5c(=O)c4c3[nH]c12. The minimum Gasteiger partial charge on any atom is -0.351 e. The van der Waals surface area contributed by atoms with Crippen molar-refractivity contribution >= 4 is 65.2 Å². The van der Waals surface area contributed by atoms with Crippen molar-refractivity contribution in [2.45, 2.75) is 6.92 Å². The van der Waals surface area contributed by atoms with Crippen LogP contribution in [0.1, 0.15) is 5.56 Å². The standard InChI is InChI=1S/C29H16N2O4/c1-13-12-19-22(29(35)17-9-5-3-7-15(17)27(19)33)25-23(13)31-24-20(30-25)11-10-18-21(24)28(34)16-8-4-2-6-14(16)26(18)32/h2-12,30-31H,1H3. The summed E-state index contributed by atoms with van der Waals surface area (Å²) in [7, 11) is 0. The largest absolute Gasteiger partial charge is 0.351 e. The zero-order valence-electron chi connectivity index (χ0n) is 18.5. The van der Waals surface area contributed by atoms with Crippen molar-refractivity contribution < 1.29 is 0 Å². The summed E-state index contributed by atoms with van der Waals surface area (Å²) in [5.74, 6) is 0. The molecule has 6 aromatic carbocycles. The van der Waals surface area contributed by atoms with E-state index in [1.807, 2.05) is 6.92 Å². The number of aromatic amines is 2. The average molecular weight is 456 g/mol. The molecule has 0 amide bonds. The van der Waals surface area contributed by atoms with E-state index in [2.05, 4.69) is 9.97 Å². The maximum atomic E-state index is 13.5. The Morgan fingerprint density at radius 1 is 0.486 bits per heavy atom. The van der Waals surface area contributed by atoms with Crippen LogP contribution in [0.4, 0.5) is 0 Å². The molecular weight excluding hydrogens is 440 g/mol. The maximum absolute atomic E-state index is 13.5. The predicted molar refractivity (Wildman–Crippen MR) is 141 cm³/mol. The van der Waals surface area contributed by atoms with Crippen molar-refractivity contribution in [3.05, 3.63) is 113 Å². The second-order valence-corrected chi connectivity index (χ2v) is 8.93. The average Bonchev–Trinajstić information content (AvgIpc) is 2.89. The Morgan fingerprint density at radius 2 is 1.00 bits per heavy atom. The highest BCUT2D eigenvalue weighted by Crippen LogP contribution is 2.28. The number of rotatable bonds is 0. The van der Waals surface area contributed by atoms with Crippen molar-refractivity contribution in [3.8, 4) is 0 Å². The molecule has 166 valence electrons. The molecule has 7 rings (SSSR count). The quantitative estimate of drug-likeness (QED) is 0.260. The van der Waals surface area contributed by atoms with Gasteiger partial charge >= 0.3 is 0 Å². The molecule has 6 heteroatoms. The van der Waals surface area contributed by atoms with E-state index in [-0.39, 0.29) is 21.7 Å². The van der Waals surface area contributed by atoms with E-state index >= 15 is 0 Å². The molecule has 35 heavy (non-hydrogen) atoms. The summed E-state index contributed by atoms with van der Waals surface area (Å²) in [6.45, 7) is 1.84. The Hall–Kier alpha value is -4.84. The molecule has 2 N–H and O–H groups in total. The van der Waals surface area contributed by atoms with E-state index in [4.69, 9.17) is 0 Å². The predicted octanol–water partition coefficient (Wildman–Crippen LogP) is 4.45. The Bertz CT molecular complexity index is 2310. The molecular formula is C29H16N2O4. The molecule has 0 fully saturated rings. The van der Waals surface area contributed by atoms with Gasteiger partial charge in [-0.15, -0.1) is 0 Å². The van der Waals surface area contributed by atoms with Crippen molar-refractivity contribution in [3.63, 3.8) is 0 Å². The maximum Gasteiger partial charge on any atom is 0.196 e. The molecule has 1 heterocycles. The summed E-state index contributed by atoms with van der Waals surface area (Å²) in [5, 5.41) is 2.80. The highest BCUT2D eigenvalue weighted by molar-refractivity contribution is 6.15. The van der Waals surface area contributed by atoms with Gasteiger partial charge in [0.2, 0.25) is 0 Å². The minimum atomic E-state index is -0.236. The van der Waals surface area contributed by atoms with Crippen LogP contribution >= 0.6 is 0 Å². The monoisotopic (exact) mass is 456 g/mol. The Labute approximate surface area is 195 Å². The number of hydrogen-bond donors (Lipinski definition) is 2. The van der Waals surface area contributed by atoms with Gasteiger partial charge in [0.25, 0.3) is 0 Å². The zero-order valence-corrected chi connectivity index (χ0v) is 18.5. The summed E-state index contributed by atoms with van der Waals surface area (Å²) in [6, 6.07) is 18.7. The molecule has 0 aliphatic rings. The van der Waals surface area contributed by atoms with E-state index in [0.29, 0.717) is 65.2 Å². The normalized spacial score (nSPS) is 12.0. The zero-order chi connectivity index (χ0) is 24.0. The number of aromatic nitrogens is 2. The van der Waals surface area contributed by atoms with Gasteiger partial charge in [0.15, 0.2) is 21.7 Å². The first-order valence-corrected chi connectivity index (χ1v) is 11.2. The van der Waals surface area contributed by atoms with Crippen molar-refractivity contribution in [2.75, 3.05) is 0 Å². The Balaban J connectivity index is 1.75. The molecule has 0 aliphatic heterocycles. The molecule has 0 atom stereocenters. The fourth-order valence-corrected chi connectivity index (χ4v) is 5.36. The first-order valence-electron chi connectivity index (χ1n) is 11.2. The lowest BCUT2D eigenvalue weighted by Crippen LogP contribution is -2.15. The van der Waals surface area contributed by atoms with Crippen molar-refractivity contribution in [1.82, 2.24) is 9.97 Å². The molecule has 7 aromatic rings. The second-order valence-electron chi connectivity index (χ2n) is 8.93. The van der Waals surface area contributed by atoms with Gasteiger partial charge in [-0.05, 0) is 30.7 Å². The summed E-state index contributed by atoms with van der Waals surface area (Å²) in [4.78, 5) is 60.0. The van der Waals surface area contributed by atoms with Gasteiger partial charge in [-0.25, -0.2) is 0 Å². The molecule has 0 unspecified atom stereocenters. The molecule has 0 spiro atoms. The first-order chi connectivity index (χ1) is 17.0. The molecule has 6 nitrogen and oxygen atoms in total. The van der Waals surface area contributed by atoms with Crippen LogP contribution in [0.25, 0.3) is 65.2 Å². The van der Waals surface area contributed by atoms with E-state index in [1.165, 1.54) is 0 Å². The van der Waals surface area contributed by atoms with Crippen LogP contribution in [0.5, 0.6) is 0 Å². The molecule has 0 aliphatic carbocycles. The van der Waals surface area contributed by atoms with Crippen LogP contribution in [-0.2, 0) is 0 Å². The van der Waals surface area contributed by atoms with Crippen LogP contribution in [0, 0.1) is 6.92 Å². The van der Waals surface area contributed by atoms with Crippen LogP contribution < -0.4 is 21.7 Å². The third kappa shape index (κ3) is 2.43. The summed E-state index contributed by atoms with van der Waals surface area (Å²) >= 11 is 0. The molecule has 0 saturated heterocycles. The van der Waals surface area contributed by atoms with Crippen LogP contribution in [0.3, 0.4) is 0 Å². The van der Waals surface area contributed by atoms with Crippen LogP contribution in [0.2, 0.25) is 0 Å². The lowest BCUT2D eigenvalue weighted by Gasteiger charge is -2.12. The summed E-state index contributed by atoms with van der Waals surface area (Å²) in [6.07, 6.45) is 0. The van der Waals surface area contributed by atoms with Gasteiger partial charge in [-0.3, -0.25) is 19.2 Å². The number of benzene rings is 6. The third-order valence-corrected chi connectivity index (χ3v) is 7.02. The molecule has 0 radical (unpaired) electrons. The number of H-pyrrole nitrogens is 2. The Kier molecular flexibility index (Phi) is 3.70. The highest BCUT2D eigenvalue weighted by atomic mass is 16.1. The van der Waals surface area contributed by atoms with Crippen LogP contribution in [0.15, 0.2) is 85.9 Å². The Morgan fingerprint density at radius 3 is 1.60 bits per heavy atom. The second kappa shape index (κ2) is 6.61. The van der Waals surface area contributed by atoms with Gasteiger partial charge in [0, 0.05) is 32.3 Å². The van der Waals surface area contributed by atoms with E-state index in [0.717, 1.165) is 5.56 Å². The third-order valence-electron chi connectivity index (χ3n) is 7.02. The smallest absolute Gasteiger partial charge is 0.196 e. The van der Waals surface area contributed by atoms with Crippen LogP contribution in [-0.4, -0.2) is 9.97 Å². The number of aryl methyl sites for hydroxylation is 1. The van der Waals surface area contributed by atoms with Gasteiger partial charge in [0.05, 0.1) is 32.8 Å². The van der Waals surface area contributed by atoms with E-state index in [9.17, 15) is 19.2 Å². The lowest BCUT2D eigenvalue weighted by atomic mass is 9.98.